The lowest BCUT2D eigenvalue weighted by molar-refractivity contribution is -0.0828. The lowest BCUT2D eigenvalue weighted by Gasteiger charge is -2.41. The van der Waals surface area contributed by atoms with E-state index in [2.05, 4.69) is 5.16 Å². The highest BCUT2D eigenvalue weighted by Crippen LogP contribution is 2.27. The van der Waals surface area contributed by atoms with Crippen LogP contribution >= 0.6 is 0 Å². The molecule has 0 aliphatic carbocycles. The van der Waals surface area contributed by atoms with E-state index in [0.29, 0.717) is 25.4 Å². The van der Waals surface area contributed by atoms with Gasteiger partial charge >= 0.3 is 0 Å². The molecule has 0 spiro atoms. The summed E-state index contributed by atoms with van der Waals surface area (Å²) in [4.78, 5) is 14.4. The molecule has 1 atom stereocenters. The molecule has 1 amide bonds. The van der Waals surface area contributed by atoms with Gasteiger partial charge < -0.3 is 18.9 Å². The van der Waals surface area contributed by atoms with E-state index in [0.717, 1.165) is 24.2 Å². The quantitative estimate of drug-likeness (QED) is 0.834. The maximum Gasteiger partial charge on any atom is 0.292 e. The number of rotatable bonds is 5. The first kappa shape index (κ1) is 17.5. The number of methoxy groups -OCH3 is 1. The van der Waals surface area contributed by atoms with E-state index in [1.165, 1.54) is 0 Å². The zero-order valence-electron chi connectivity index (χ0n) is 14.9. The smallest absolute Gasteiger partial charge is 0.292 e. The molecule has 0 unspecified atom stereocenters. The second-order valence-electron chi connectivity index (χ2n) is 6.66. The molecule has 2 aromatic rings. The van der Waals surface area contributed by atoms with E-state index in [1.807, 2.05) is 31.2 Å². The molecule has 134 valence electrons. The van der Waals surface area contributed by atoms with Crippen LogP contribution in [-0.2, 0) is 4.74 Å². The van der Waals surface area contributed by atoms with Crippen LogP contribution in [0.5, 0.6) is 5.75 Å². The Labute approximate surface area is 147 Å². The summed E-state index contributed by atoms with van der Waals surface area (Å²) in [5.74, 6) is 0.923. The normalized spacial score (nSPS) is 20.5. The third kappa shape index (κ3) is 4.02. The average molecular weight is 344 g/mol. The predicted molar refractivity (Wildman–Crippen MR) is 92.8 cm³/mol. The molecule has 1 aromatic carbocycles. The number of aryl methyl sites for hydroxylation is 2. The minimum absolute atomic E-state index is 0.155. The van der Waals surface area contributed by atoms with Crippen LogP contribution in [0.15, 0.2) is 34.9 Å². The summed E-state index contributed by atoms with van der Waals surface area (Å²) in [7, 11) is 1.67. The van der Waals surface area contributed by atoms with E-state index in [9.17, 15) is 4.79 Å². The van der Waals surface area contributed by atoms with Crippen LogP contribution in [0.3, 0.4) is 0 Å². The number of nitrogens with zero attached hydrogens (tertiary/aromatic N) is 2. The van der Waals surface area contributed by atoms with Crippen molar-refractivity contribution < 1.29 is 18.8 Å². The van der Waals surface area contributed by atoms with Crippen molar-refractivity contribution in [3.8, 4) is 5.75 Å². The molecule has 1 saturated heterocycles. The Morgan fingerprint density at radius 3 is 2.88 bits per heavy atom. The average Bonchev–Trinajstić information content (AvgIpc) is 3.06. The largest absolute Gasteiger partial charge is 0.491 e. The number of amides is 1. The van der Waals surface area contributed by atoms with Crippen molar-refractivity contribution in [2.45, 2.75) is 32.3 Å². The van der Waals surface area contributed by atoms with Crippen molar-refractivity contribution in [2.24, 2.45) is 0 Å². The predicted octanol–water partition coefficient (Wildman–Crippen LogP) is 2.99. The molecule has 1 fully saturated rings. The summed E-state index contributed by atoms with van der Waals surface area (Å²) in [6, 6.07) is 9.58. The van der Waals surface area contributed by atoms with Crippen LogP contribution in [0, 0.1) is 13.8 Å². The minimum atomic E-state index is -0.521. The Kier molecular flexibility index (Phi) is 5.08. The SMILES string of the molecule is CO[C@@]1(COc2cccc(C)c2)CCCN(C(=O)c2cc(C)no2)C1. The summed E-state index contributed by atoms with van der Waals surface area (Å²) < 4.78 is 16.9. The molecule has 25 heavy (non-hydrogen) atoms. The first-order chi connectivity index (χ1) is 12.0. The lowest BCUT2D eigenvalue weighted by Crippen LogP contribution is -2.54. The van der Waals surface area contributed by atoms with Gasteiger partial charge in [-0.1, -0.05) is 17.3 Å². The Hall–Kier alpha value is -2.34. The van der Waals surface area contributed by atoms with Crippen LogP contribution in [0.25, 0.3) is 0 Å². The molecule has 0 bridgehead atoms. The summed E-state index contributed by atoms with van der Waals surface area (Å²) >= 11 is 0. The zero-order chi connectivity index (χ0) is 17.9. The van der Waals surface area contributed by atoms with E-state index < -0.39 is 5.60 Å². The summed E-state index contributed by atoms with van der Waals surface area (Å²) in [5, 5.41) is 3.79. The standard InChI is InChI=1S/C19H24N2O4/c1-14-6-4-7-16(10-14)24-13-19(23-3)8-5-9-21(12-19)18(22)17-11-15(2)20-25-17/h4,6-7,10-11H,5,8-9,12-13H2,1-3H3/t19-/m0/s1. The van der Waals surface area contributed by atoms with Crippen molar-refractivity contribution >= 4 is 5.91 Å². The fourth-order valence-electron chi connectivity index (χ4n) is 3.15. The van der Waals surface area contributed by atoms with E-state index >= 15 is 0 Å². The highest BCUT2D eigenvalue weighted by atomic mass is 16.5. The monoisotopic (exact) mass is 344 g/mol. The number of benzene rings is 1. The highest BCUT2D eigenvalue weighted by Gasteiger charge is 2.39. The Morgan fingerprint density at radius 1 is 1.36 bits per heavy atom. The van der Waals surface area contributed by atoms with Gasteiger partial charge in [0.15, 0.2) is 0 Å². The lowest BCUT2D eigenvalue weighted by atomic mass is 9.93. The van der Waals surface area contributed by atoms with Crippen LogP contribution < -0.4 is 4.74 Å². The maximum atomic E-state index is 12.6. The van der Waals surface area contributed by atoms with E-state index in [4.69, 9.17) is 14.0 Å². The Balaban J connectivity index is 1.69. The molecule has 6 nitrogen and oxygen atoms in total. The van der Waals surface area contributed by atoms with E-state index in [1.54, 1.807) is 25.0 Å². The Morgan fingerprint density at radius 2 is 2.20 bits per heavy atom. The van der Waals surface area contributed by atoms with Gasteiger partial charge in [0.05, 0.1) is 12.2 Å². The number of hydrogen-bond donors (Lipinski definition) is 0. The van der Waals surface area contributed by atoms with Gasteiger partial charge in [0.25, 0.3) is 5.91 Å². The molecule has 1 aliphatic rings. The number of ether oxygens (including phenoxy) is 2. The molecule has 2 heterocycles. The summed E-state index contributed by atoms with van der Waals surface area (Å²) in [5.41, 5.74) is 1.32. The second kappa shape index (κ2) is 7.27. The number of aromatic nitrogens is 1. The van der Waals surface area contributed by atoms with Crippen LogP contribution in [0.1, 0.15) is 34.7 Å². The van der Waals surface area contributed by atoms with Crippen LogP contribution in [0.2, 0.25) is 0 Å². The number of carbonyl (C=O) groups is 1. The molecular formula is C19H24N2O4. The van der Waals surface area contributed by atoms with E-state index in [-0.39, 0.29) is 11.7 Å². The molecule has 0 saturated carbocycles. The van der Waals surface area contributed by atoms with Crippen molar-refractivity contribution in [3.63, 3.8) is 0 Å². The third-order valence-electron chi connectivity index (χ3n) is 4.59. The van der Waals surface area contributed by atoms with Crippen LogP contribution in [-0.4, -0.2) is 48.4 Å². The highest BCUT2D eigenvalue weighted by molar-refractivity contribution is 5.91. The van der Waals surface area contributed by atoms with Crippen molar-refractivity contribution in [1.82, 2.24) is 10.1 Å². The topological polar surface area (TPSA) is 64.8 Å². The van der Waals surface area contributed by atoms with Gasteiger partial charge in [-0.15, -0.1) is 0 Å². The molecule has 0 radical (unpaired) electrons. The molecule has 6 heteroatoms. The maximum absolute atomic E-state index is 12.6. The molecular weight excluding hydrogens is 320 g/mol. The van der Waals surface area contributed by atoms with Gasteiger partial charge in [0.1, 0.15) is 18.0 Å². The first-order valence-corrected chi connectivity index (χ1v) is 8.49. The van der Waals surface area contributed by atoms with Crippen molar-refractivity contribution in [3.05, 3.63) is 47.3 Å². The third-order valence-corrected chi connectivity index (χ3v) is 4.59. The van der Waals surface area contributed by atoms with Gasteiger partial charge in [-0.05, 0) is 44.4 Å². The van der Waals surface area contributed by atoms with Gasteiger partial charge in [-0.25, -0.2) is 0 Å². The fraction of sp³-hybridized carbons (Fsp3) is 0.474. The van der Waals surface area contributed by atoms with Crippen molar-refractivity contribution in [2.75, 3.05) is 26.8 Å². The molecule has 3 rings (SSSR count). The first-order valence-electron chi connectivity index (χ1n) is 8.49. The Bertz CT molecular complexity index is 743. The van der Waals surface area contributed by atoms with Gasteiger partial charge in [-0.3, -0.25) is 4.79 Å². The molecule has 0 N–H and O–H groups in total. The summed E-state index contributed by atoms with van der Waals surface area (Å²) in [6.45, 7) is 5.36. The number of carbonyl (C=O) groups excluding carboxylic acids is 1. The second-order valence-corrected chi connectivity index (χ2v) is 6.66. The molecule has 1 aliphatic heterocycles. The number of likely N-dealkylation sites (tertiary alicyclic amines) is 1. The van der Waals surface area contributed by atoms with Crippen molar-refractivity contribution in [1.29, 1.82) is 0 Å². The fourth-order valence-corrected chi connectivity index (χ4v) is 3.15. The van der Waals surface area contributed by atoms with Crippen LogP contribution in [0.4, 0.5) is 0 Å². The zero-order valence-corrected chi connectivity index (χ0v) is 14.9. The number of hydrogen-bond acceptors (Lipinski definition) is 5. The minimum Gasteiger partial charge on any atom is -0.491 e. The summed E-state index contributed by atoms with van der Waals surface area (Å²) in [6.07, 6.45) is 1.69. The van der Waals surface area contributed by atoms with Gasteiger partial charge in [-0.2, -0.15) is 0 Å². The van der Waals surface area contributed by atoms with Gasteiger partial charge in [0, 0.05) is 19.7 Å². The molecule has 1 aromatic heterocycles. The van der Waals surface area contributed by atoms with Gasteiger partial charge in [0.2, 0.25) is 5.76 Å². The number of piperidine rings is 1.